The third kappa shape index (κ3) is 6.26. The number of carboxylic acids is 1. The van der Waals surface area contributed by atoms with Gasteiger partial charge in [-0.15, -0.1) is 10.1 Å². The van der Waals surface area contributed by atoms with E-state index in [0.717, 1.165) is 0 Å². The van der Waals surface area contributed by atoms with Crippen molar-refractivity contribution in [1.82, 2.24) is 5.32 Å². The van der Waals surface area contributed by atoms with E-state index < -0.39 is 40.6 Å². The number of allylic oxidation sites excluding steroid dienone is 2. The highest BCUT2D eigenvalue weighted by Crippen LogP contribution is 2.39. The van der Waals surface area contributed by atoms with Gasteiger partial charge in [0, 0.05) is 43.7 Å². The summed E-state index contributed by atoms with van der Waals surface area (Å²) in [4.78, 5) is 50.9. The molecule has 178 valence electrons. The summed E-state index contributed by atoms with van der Waals surface area (Å²) in [6.07, 6.45) is -1.04. The summed E-state index contributed by atoms with van der Waals surface area (Å²) in [5, 5.41) is 33.5. The molecule has 1 aromatic carbocycles. The third-order valence-electron chi connectivity index (χ3n) is 4.90. The Hall–Kier alpha value is -4.00. The minimum atomic E-state index is -1.33. The van der Waals surface area contributed by atoms with E-state index in [1.165, 1.54) is 45.2 Å². The zero-order chi connectivity index (χ0) is 24.7. The Bertz CT molecular complexity index is 1020. The van der Waals surface area contributed by atoms with Crippen LogP contribution in [0.1, 0.15) is 31.7 Å². The molecular weight excluding hydrogens is 442 g/mol. The topological polar surface area (TPSA) is 180 Å². The van der Waals surface area contributed by atoms with Gasteiger partial charge < -0.3 is 24.7 Å². The lowest BCUT2D eigenvalue weighted by Gasteiger charge is -2.29. The normalized spacial score (nSPS) is 16.6. The van der Waals surface area contributed by atoms with Crippen LogP contribution in [0.2, 0.25) is 0 Å². The number of nitrogens with zero attached hydrogens (tertiary/aromatic N) is 2. The monoisotopic (exact) mass is 465 g/mol. The molecular formula is C20H23N3O10. The van der Waals surface area contributed by atoms with Crippen LogP contribution in [0.3, 0.4) is 0 Å². The number of ether oxygens (including phenoxy) is 2. The van der Waals surface area contributed by atoms with Gasteiger partial charge in [0.2, 0.25) is 0 Å². The van der Waals surface area contributed by atoms with Crippen LogP contribution >= 0.6 is 0 Å². The lowest BCUT2D eigenvalue weighted by molar-refractivity contribution is -0.769. The average molecular weight is 465 g/mol. The van der Waals surface area contributed by atoms with Gasteiger partial charge in [-0.25, -0.2) is 9.59 Å². The number of carbonyl (C=O) groups excluding carboxylic acids is 1. The van der Waals surface area contributed by atoms with Crippen molar-refractivity contribution in [1.29, 1.82) is 0 Å². The molecule has 0 aliphatic carbocycles. The number of nitro groups is 1. The second kappa shape index (κ2) is 11.0. The molecule has 0 aromatic heterocycles. The number of non-ortho nitro benzene ring substituents is 1. The van der Waals surface area contributed by atoms with Crippen molar-refractivity contribution >= 4 is 17.6 Å². The molecule has 2 rings (SSSR count). The molecule has 1 aliphatic rings. The molecule has 0 amide bonds. The Morgan fingerprint density at radius 1 is 1.18 bits per heavy atom. The van der Waals surface area contributed by atoms with E-state index in [4.69, 9.17) is 9.47 Å². The quantitative estimate of drug-likeness (QED) is 0.277. The number of nitrogens with one attached hydrogen (secondary N) is 1. The van der Waals surface area contributed by atoms with Crippen LogP contribution in [-0.2, 0) is 23.9 Å². The molecule has 1 heterocycles. The molecule has 0 fully saturated rings. The standard InChI is InChI=1S/C20H23N3O10/c1-11-16(19(24)25)18(13-5-4-6-14(9-13)22(27)28)17(12(2)21-11)20(26)32-10-15(7-8-31-3)33-23(29)30/h4-6,9,15,18,21H,7-8,10H2,1-3H3,(H,24,25). The van der Waals surface area contributed by atoms with Crippen LogP contribution in [0.5, 0.6) is 0 Å². The van der Waals surface area contributed by atoms with E-state index >= 15 is 0 Å². The number of methoxy groups -OCH3 is 1. The van der Waals surface area contributed by atoms with Crippen molar-refractivity contribution in [3.8, 4) is 0 Å². The highest BCUT2D eigenvalue weighted by Gasteiger charge is 2.38. The fourth-order valence-electron chi connectivity index (χ4n) is 3.48. The Balaban J connectivity index is 2.43. The van der Waals surface area contributed by atoms with Crippen LogP contribution in [0.4, 0.5) is 5.69 Å². The number of esters is 1. The molecule has 1 aromatic rings. The Kier molecular flexibility index (Phi) is 8.45. The lowest BCUT2D eigenvalue weighted by Crippen LogP contribution is -2.33. The summed E-state index contributed by atoms with van der Waals surface area (Å²) >= 11 is 0. The van der Waals surface area contributed by atoms with Gasteiger partial charge in [-0.1, -0.05) is 12.1 Å². The number of hydrogen-bond acceptors (Lipinski definition) is 10. The molecule has 13 nitrogen and oxygen atoms in total. The van der Waals surface area contributed by atoms with Crippen LogP contribution in [0.25, 0.3) is 0 Å². The second-order valence-corrected chi connectivity index (χ2v) is 7.12. The van der Waals surface area contributed by atoms with E-state index in [0.29, 0.717) is 0 Å². The summed E-state index contributed by atoms with van der Waals surface area (Å²) in [6.45, 7) is 2.65. The summed E-state index contributed by atoms with van der Waals surface area (Å²) < 4.78 is 10.1. The number of hydrogen-bond donors (Lipinski definition) is 2. The summed E-state index contributed by atoms with van der Waals surface area (Å²) in [7, 11) is 1.39. The molecule has 0 saturated heterocycles. The second-order valence-electron chi connectivity index (χ2n) is 7.12. The first kappa shape index (κ1) is 25.3. The SMILES string of the molecule is COCCC(COC(=O)C1=C(C)NC(C)=C(C(=O)O)C1c1cccc([N+](=O)[O-])c1)O[N+](=O)[O-]. The van der Waals surface area contributed by atoms with Gasteiger partial charge in [0.1, 0.15) is 12.7 Å². The maximum atomic E-state index is 13.0. The van der Waals surface area contributed by atoms with Crippen molar-refractivity contribution in [3.05, 3.63) is 72.6 Å². The van der Waals surface area contributed by atoms with Crippen molar-refractivity contribution < 1.29 is 39.0 Å². The number of carboxylic acid groups (broad SMARTS) is 1. The molecule has 2 unspecified atom stereocenters. The molecule has 0 saturated carbocycles. The van der Waals surface area contributed by atoms with Gasteiger partial charge in [-0.3, -0.25) is 10.1 Å². The van der Waals surface area contributed by atoms with Crippen LogP contribution in [0.15, 0.2) is 46.8 Å². The number of aliphatic carboxylic acids is 1. The molecule has 0 spiro atoms. The van der Waals surface area contributed by atoms with Crippen molar-refractivity contribution in [2.75, 3.05) is 20.3 Å². The van der Waals surface area contributed by atoms with Gasteiger partial charge in [0.25, 0.3) is 10.8 Å². The van der Waals surface area contributed by atoms with E-state index in [2.05, 4.69) is 10.2 Å². The number of rotatable bonds is 11. The molecule has 33 heavy (non-hydrogen) atoms. The number of benzene rings is 1. The van der Waals surface area contributed by atoms with Gasteiger partial charge in [0.15, 0.2) is 0 Å². The fourth-order valence-corrected chi connectivity index (χ4v) is 3.48. The summed E-state index contributed by atoms with van der Waals surface area (Å²) in [5.74, 6) is -3.45. The first-order chi connectivity index (χ1) is 15.6. The smallest absolute Gasteiger partial charge is 0.336 e. The summed E-state index contributed by atoms with van der Waals surface area (Å²) in [5.41, 5.74) is 0.171. The molecule has 1 aliphatic heterocycles. The predicted molar refractivity (Wildman–Crippen MR) is 111 cm³/mol. The van der Waals surface area contributed by atoms with Crippen molar-refractivity contribution in [2.45, 2.75) is 32.3 Å². The minimum Gasteiger partial charge on any atom is -0.478 e. The van der Waals surface area contributed by atoms with Gasteiger partial charge in [0.05, 0.1) is 22.0 Å². The largest absolute Gasteiger partial charge is 0.478 e. The van der Waals surface area contributed by atoms with Gasteiger partial charge in [-0.2, -0.15) is 0 Å². The lowest BCUT2D eigenvalue weighted by atomic mass is 9.80. The molecule has 2 N–H and O–H groups in total. The van der Waals surface area contributed by atoms with Crippen molar-refractivity contribution in [3.63, 3.8) is 0 Å². The Morgan fingerprint density at radius 3 is 2.42 bits per heavy atom. The first-order valence-electron chi connectivity index (χ1n) is 9.70. The van der Waals surface area contributed by atoms with Crippen LogP contribution in [-0.4, -0.2) is 53.5 Å². The van der Waals surface area contributed by atoms with E-state index in [1.54, 1.807) is 0 Å². The number of carbonyl (C=O) groups is 2. The number of dihydropyridines is 1. The van der Waals surface area contributed by atoms with Gasteiger partial charge >= 0.3 is 11.9 Å². The maximum absolute atomic E-state index is 13.0. The molecule has 0 bridgehead atoms. The molecule has 13 heteroatoms. The van der Waals surface area contributed by atoms with E-state index in [1.807, 2.05) is 0 Å². The Morgan fingerprint density at radius 2 is 1.85 bits per heavy atom. The first-order valence-corrected chi connectivity index (χ1v) is 9.70. The molecule has 2 atom stereocenters. The minimum absolute atomic E-state index is 0.0642. The molecule has 0 radical (unpaired) electrons. The zero-order valence-electron chi connectivity index (χ0n) is 18.1. The Labute approximate surface area is 187 Å². The van der Waals surface area contributed by atoms with Gasteiger partial charge in [-0.05, 0) is 19.4 Å². The third-order valence-corrected chi connectivity index (χ3v) is 4.90. The van der Waals surface area contributed by atoms with E-state index in [-0.39, 0.29) is 46.8 Å². The van der Waals surface area contributed by atoms with Crippen molar-refractivity contribution in [2.24, 2.45) is 0 Å². The highest BCUT2D eigenvalue weighted by atomic mass is 17.0. The maximum Gasteiger partial charge on any atom is 0.336 e. The predicted octanol–water partition coefficient (Wildman–Crippen LogP) is 2.07. The average Bonchev–Trinajstić information content (AvgIpc) is 2.74. The van der Waals surface area contributed by atoms with Crippen LogP contribution < -0.4 is 5.32 Å². The van der Waals surface area contributed by atoms with E-state index in [9.17, 15) is 34.9 Å². The number of nitro benzene ring substituents is 1. The fraction of sp³-hybridized carbons (Fsp3) is 0.400. The van der Waals surface area contributed by atoms with Crippen LogP contribution in [0, 0.1) is 20.2 Å². The summed E-state index contributed by atoms with van der Waals surface area (Å²) in [6, 6.07) is 5.28. The zero-order valence-corrected chi connectivity index (χ0v) is 18.1. The highest BCUT2D eigenvalue weighted by molar-refractivity contribution is 5.99.